The largest absolute Gasteiger partial charge is 0.497 e. The van der Waals surface area contributed by atoms with Gasteiger partial charge in [-0.25, -0.2) is 9.97 Å². The van der Waals surface area contributed by atoms with E-state index in [-0.39, 0.29) is 11.6 Å². The number of aromatic nitrogens is 4. The molecule has 0 saturated carbocycles. The molecular formula is C23H22ClN5O2. The summed E-state index contributed by atoms with van der Waals surface area (Å²) in [5.41, 5.74) is 4.31. The van der Waals surface area contributed by atoms with E-state index < -0.39 is 0 Å². The van der Waals surface area contributed by atoms with Crippen molar-refractivity contribution < 1.29 is 4.74 Å². The Morgan fingerprint density at radius 1 is 1.26 bits per heavy atom. The van der Waals surface area contributed by atoms with Crippen LogP contribution in [0.4, 0.5) is 5.69 Å². The number of fused-ring (bicyclic) bond motifs is 2. The van der Waals surface area contributed by atoms with Gasteiger partial charge in [-0.1, -0.05) is 23.7 Å². The lowest BCUT2D eigenvalue weighted by atomic mass is 9.99. The van der Waals surface area contributed by atoms with E-state index in [9.17, 15) is 4.79 Å². The number of nitrogens with one attached hydrogen (secondary N) is 1. The zero-order valence-electron chi connectivity index (χ0n) is 17.3. The minimum atomic E-state index is -0.0109. The molecule has 8 heteroatoms. The Kier molecular flexibility index (Phi) is 4.90. The molecular weight excluding hydrogens is 414 g/mol. The fraction of sp³-hybridized carbons (Fsp3) is 0.261. The Bertz CT molecular complexity index is 1310. The average molecular weight is 436 g/mol. The van der Waals surface area contributed by atoms with E-state index >= 15 is 0 Å². The molecule has 7 nitrogen and oxygen atoms in total. The van der Waals surface area contributed by atoms with Gasteiger partial charge in [-0.2, -0.15) is 0 Å². The van der Waals surface area contributed by atoms with Gasteiger partial charge in [0.1, 0.15) is 16.5 Å². The van der Waals surface area contributed by atoms with Gasteiger partial charge in [-0.05, 0) is 36.8 Å². The molecule has 3 aromatic heterocycles. The van der Waals surface area contributed by atoms with Crippen molar-refractivity contribution in [3.8, 4) is 5.75 Å². The maximum atomic E-state index is 13.3. The Morgan fingerprint density at radius 3 is 2.84 bits per heavy atom. The highest BCUT2D eigenvalue weighted by Gasteiger charge is 2.28. The number of rotatable bonds is 4. The molecule has 31 heavy (non-hydrogen) atoms. The van der Waals surface area contributed by atoms with Gasteiger partial charge in [0.2, 0.25) is 0 Å². The van der Waals surface area contributed by atoms with E-state index in [1.54, 1.807) is 18.0 Å². The molecule has 0 unspecified atom stereocenters. The van der Waals surface area contributed by atoms with Crippen LogP contribution in [-0.4, -0.2) is 32.7 Å². The normalized spacial score (nSPS) is 15.8. The third kappa shape index (κ3) is 3.55. The number of hydrogen-bond donors (Lipinski definition) is 1. The fourth-order valence-electron chi connectivity index (χ4n) is 4.21. The first-order valence-electron chi connectivity index (χ1n) is 10.1. The predicted octanol–water partition coefficient (Wildman–Crippen LogP) is 3.78. The van der Waals surface area contributed by atoms with Gasteiger partial charge < -0.3 is 14.6 Å². The van der Waals surface area contributed by atoms with Gasteiger partial charge in [0.15, 0.2) is 0 Å². The first kappa shape index (κ1) is 19.6. The third-order valence-electron chi connectivity index (χ3n) is 5.87. The number of aromatic amines is 1. The molecule has 0 amide bonds. The van der Waals surface area contributed by atoms with Crippen LogP contribution in [0.15, 0.2) is 53.7 Å². The van der Waals surface area contributed by atoms with E-state index in [2.05, 4.69) is 26.8 Å². The van der Waals surface area contributed by atoms with Gasteiger partial charge in [-0.3, -0.25) is 9.36 Å². The highest BCUT2D eigenvalue weighted by Crippen LogP contribution is 2.33. The van der Waals surface area contributed by atoms with E-state index in [1.807, 2.05) is 42.6 Å². The minimum Gasteiger partial charge on any atom is -0.497 e. The van der Waals surface area contributed by atoms with Gasteiger partial charge >= 0.3 is 0 Å². The fourth-order valence-corrected chi connectivity index (χ4v) is 4.40. The number of pyridine rings is 1. The number of benzene rings is 1. The van der Waals surface area contributed by atoms with Crippen LogP contribution in [0.3, 0.4) is 0 Å². The Labute approximate surface area is 184 Å². The van der Waals surface area contributed by atoms with Crippen molar-refractivity contribution in [2.45, 2.75) is 32.5 Å². The molecule has 1 atom stereocenters. The standard InChI is InChI=1S/C23H22ClN5O2/c1-14-9-19-18(12-29(14)20-10-21(24)27-22-17(20)7-8-25-22)23(30)28(13-26-19)11-15-3-5-16(31-2)6-4-15/h3-8,10,13-14H,9,11-12H2,1-2H3,(H,25,27)/t14-/m1/s1. The van der Waals surface area contributed by atoms with Crippen molar-refractivity contribution in [2.75, 3.05) is 12.0 Å². The minimum absolute atomic E-state index is 0.0109. The van der Waals surface area contributed by atoms with Crippen LogP contribution in [0.1, 0.15) is 23.7 Å². The first-order chi connectivity index (χ1) is 15.0. The van der Waals surface area contributed by atoms with Crippen molar-refractivity contribution in [1.82, 2.24) is 19.5 Å². The van der Waals surface area contributed by atoms with Crippen molar-refractivity contribution >= 4 is 28.3 Å². The summed E-state index contributed by atoms with van der Waals surface area (Å²) in [4.78, 5) is 27.6. The average Bonchev–Trinajstić information content (AvgIpc) is 3.24. The first-order valence-corrected chi connectivity index (χ1v) is 10.5. The van der Waals surface area contributed by atoms with Crippen LogP contribution in [-0.2, 0) is 19.5 Å². The molecule has 0 fully saturated rings. The maximum Gasteiger partial charge on any atom is 0.258 e. The number of methoxy groups -OCH3 is 1. The Hall–Kier alpha value is -3.32. The summed E-state index contributed by atoms with van der Waals surface area (Å²) in [5.74, 6) is 0.788. The number of anilines is 1. The molecule has 5 rings (SSSR count). The molecule has 1 aromatic carbocycles. The number of hydrogen-bond acceptors (Lipinski definition) is 5. The van der Waals surface area contributed by atoms with Crippen LogP contribution in [0.5, 0.6) is 5.75 Å². The van der Waals surface area contributed by atoms with Crippen molar-refractivity contribution in [3.05, 3.63) is 81.3 Å². The quantitative estimate of drug-likeness (QED) is 0.494. The lowest BCUT2D eigenvalue weighted by Gasteiger charge is -2.36. The predicted molar refractivity (Wildman–Crippen MR) is 121 cm³/mol. The highest BCUT2D eigenvalue weighted by molar-refractivity contribution is 6.30. The Balaban J connectivity index is 1.51. The molecule has 0 aliphatic carbocycles. The summed E-state index contributed by atoms with van der Waals surface area (Å²) < 4.78 is 6.88. The van der Waals surface area contributed by atoms with Crippen molar-refractivity contribution in [3.63, 3.8) is 0 Å². The second-order valence-corrected chi connectivity index (χ2v) is 8.22. The second-order valence-electron chi connectivity index (χ2n) is 7.84. The lowest BCUT2D eigenvalue weighted by molar-refractivity contribution is 0.414. The second kappa shape index (κ2) is 7.74. The van der Waals surface area contributed by atoms with E-state index in [0.717, 1.165) is 39.3 Å². The summed E-state index contributed by atoms with van der Waals surface area (Å²) in [6.45, 7) is 3.08. The molecule has 4 aromatic rings. The van der Waals surface area contributed by atoms with E-state index in [4.69, 9.17) is 16.3 Å². The van der Waals surface area contributed by atoms with Crippen LogP contribution >= 0.6 is 11.6 Å². The topological polar surface area (TPSA) is 76.0 Å². The molecule has 1 N–H and O–H groups in total. The summed E-state index contributed by atoms with van der Waals surface area (Å²) in [5, 5.41) is 1.41. The van der Waals surface area contributed by atoms with Crippen LogP contribution < -0.4 is 15.2 Å². The van der Waals surface area contributed by atoms with Gasteiger partial charge in [0.05, 0.1) is 43.5 Å². The molecule has 0 bridgehead atoms. The molecule has 1 aliphatic heterocycles. The summed E-state index contributed by atoms with van der Waals surface area (Å²) in [7, 11) is 1.64. The van der Waals surface area contributed by atoms with Crippen LogP contribution in [0, 0.1) is 0 Å². The molecule has 4 heterocycles. The van der Waals surface area contributed by atoms with E-state index in [0.29, 0.717) is 24.7 Å². The van der Waals surface area contributed by atoms with Crippen LogP contribution in [0.2, 0.25) is 5.15 Å². The summed E-state index contributed by atoms with van der Waals surface area (Å²) >= 11 is 6.27. The van der Waals surface area contributed by atoms with Crippen molar-refractivity contribution in [1.29, 1.82) is 0 Å². The number of nitrogens with zero attached hydrogens (tertiary/aromatic N) is 4. The van der Waals surface area contributed by atoms with Gasteiger partial charge in [0, 0.05) is 24.0 Å². The SMILES string of the molecule is COc1ccc(Cn2cnc3c(c2=O)CN(c2cc(Cl)nc4[nH]ccc24)[C@H](C)C3)cc1. The lowest BCUT2D eigenvalue weighted by Crippen LogP contribution is -2.43. The molecule has 1 aliphatic rings. The summed E-state index contributed by atoms with van der Waals surface area (Å²) in [6, 6.07) is 11.7. The smallest absolute Gasteiger partial charge is 0.258 e. The zero-order chi connectivity index (χ0) is 21.5. The van der Waals surface area contributed by atoms with E-state index in [1.165, 1.54) is 0 Å². The van der Waals surface area contributed by atoms with Crippen LogP contribution in [0.25, 0.3) is 11.0 Å². The Morgan fingerprint density at radius 2 is 2.06 bits per heavy atom. The zero-order valence-corrected chi connectivity index (χ0v) is 18.1. The number of halogens is 1. The molecule has 0 radical (unpaired) electrons. The van der Waals surface area contributed by atoms with Gasteiger partial charge in [-0.15, -0.1) is 0 Å². The summed E-state index contributed by atoms with van der Waals surface area (Å²) in [6.07, 6.45) is 4.20. The number of ether oxygens (including phenoxy) is 1. The maximum absolute atomic E-state index is 13.3. The molecule has 158 valence electrons. The highest BCUT2D eigenvalue weighted by atomic mass is 35.5. The molecule has 0 spiro atoms. The van der Waals surface area contributed by atoms with Gasteiger partial charge in [0.25, 0.3) is 5.56 Å². The number of H-pyrrole nitrogens is 1. The third-order valence-corrected chi connectivity index (χ3v) is 6.06. The monoisotopic (exact) mass is 435 g/mol. The molecule has 0 saturated heterocycles. The van der Waals surface area contributed by atoms with Crippen molar-refractivity contribution in [2.24, 2.45) is 0 Å².